The number of benzene rings is 2. The third kappa shape index (κ3) is 4.41. The molecule has 1 saturated heterocycles. The number of nitrogens with one attached hydrogen (secondary N) is 1. The lowest BCUT2D eigenvalue weighted by Crippen LogP contribution is -2.54. The third-order valence-corrected chi connectivity index (χ3v) is 6.58. The van der Waals surface area contributed by atoms with Crippen LogP contribution < -0.4 is 15.0 Å². The lowest BCUT2D eigenvalue weighted by molar-refractivity contribution is -0.136. The standard InChI is InChI=1S/C26H28N4O5/c1-2-34-21-11-7-6-10-19(21)24-23-20(17-35-25(23)32)30(26(33)27-24)16-22(31)29-14-12-28(13-15-29)18-8-4-3-5-9-18/h3-11,24H,2,12-17H2,1H3,(H,27,33)/t24-/m0/s1. The lowest BCUT2D eigenvalue weighted by Gasteiger charge is -2.38. The van der Waals surface area contributed by atoms with E-state index < -0.39 is 18.0 Å². The van der Waals surface area contributed by atoms with E-state index in [-0.39, 0.29) is 19.1 Å². The van der Waals surface area contributed by atoms with Gasteiger partial charge >= 0.3 is 12.0 Å². The molecule has 0 unspecified atom stereocenters. The quantitative estimate of drug-likeness (QED) is 0.644. The highest BCUT2D eigenvalue weighted by Crippen LogP contribution is 2.38. The number of carbonyl (C=O) groups is 3. The molecule has 0 saturated carbocycles. The average Bonchev–Trinajstić information content (AvgIpc) is 3.28. The number of esters is 1. The summed E-state index contributed by atoms with van der Waals surface area (Å²) in [6.07, 6.45) is 0. The number of piperazine rings is 1. The summed E-state index contributed by atoms with van der Waals surface area (Å²) in [6, 6.07) is 16.2. The number of rotatable bonds is 6. The molecule has 35 heavy (non-hydrogen) atoms. The van der Waals surface area contributed by atoms with Crippen LogP contribution in [0, 0.1) is 0 Å². The molecule has 2 aromatic carbocycles. The van der Waals surface area contributed by atoms with E-state index in [4.69, 9.17) is 9.47 Å². The molecular formula is C26H28N4O5. The van der Waals surface area contributed by atoms with E-state index in [0.717, 1.165) is 5.69 Å². The Morgan fingerprint density at radius 1 is 1.03 bits per heavy atom. The maximum absolute atomic E-state index is 13.1. The molecule has 3 heterocycles. The van der Waals surface area contributed by atoms with E-state index in [1.165, 1.54) is 4.90 Å². The Kier molecular flexibility index (Phi) is 6.31. The van der Waals surface area contributed by atoms with Gasteiger partial charge in [0.2, 0.25) is 5.91 Å². The van der Waals surface area contributed by atoms with Crippen molar-refractivity contribution in [3.05, 3.63) is 71.4 Å². The molecule has 9 nitrogen and oxygen atoms in total. The summed E-state index contributed by atoms with van der Waals surface area (Å²) >= 11 is 0. The second-order valence-corrected chi connectivity index (χ2v) is 8.58. The summed E-state index contributed by atoms with van der Waals surface area (Å²) in [5.74, 6) is -0.0647. The Balaban J connectivity index is 1.32. The first kappa shape index (κ1) is 22.8. The van der Waals surface area contributed by atoms with Crippen LogP contribution in [0.25, 0.3) is 0 Å². The molecule has 3 aliphatic heterocycles. The molecular weight excluding hydrogens is 448 g/mol. The maximum Gasteiger partial charge on any atom is 0.338 e. The number of anilines is 1. The molecule has 1 N–H and O–H groups in total. The fraction of sp³-hybridized carbons (Fsp3) is 0.346. The number of hydrogen-bond donors (Lipinski definition) is 1. The number of cyclic esters (lactones) is 1. The van der Waals surface area contributed by atoms with Crippen molar-refractivity contribution in [3.63, 3.8) is 0 Å². The van der Waals surface area contributed by atoms with Crippen LogP contribution >= 0.6 is 0 Å². The fourth-order valence-electron chi connectivity index (χ4n) is 4.81. The zero-order valence-electron chi connectivity index (χ0n) is 19.6. The van der Waals surface area contributed by atoms with Crippen LogP contribution in [-0.2, 0) is 14.3 Å². The van der Waals surface area contributed by atoms with Crippen molar-refractivity contribution < 1.29 is 23.9 Å². The van der Waals surface area contributed by atoms with Gasteiger partial charge in [0.1, 0.15) is 18.9 Å². The average molecular weight is 477 g/mol. The van der Waals surface area contributed by atoms with Crippen LogP contribution in [-0.4, -0.2) is 73.6 Å². The van der Waals surface area contributed by atoms with Gasteiger partial charge in [-0.05, 0) is 25.1 Å². The van der Waals surface area contributed by atoms with Gasteiger partial charge in [-0.15, -0.1) is 0 Å². The number of nitrogens with zero attached hydrogens (tertiary/aromatic N) is 3. The largest absolute Gasteiger partial charge is 0.494 e. The fourth-order valence-corrected chi connectivity index (χ4v) is 4.81. The SMILES string of the molecule is CCOc1ccccc1[C@@H]1NC(=O)N(CC(=O)N2CCN(c3ccccc3)CC2)C2=C1C(=O)OC2. The Morgan fingerprint density at radius 3 is 2.49 bits per heavy atom. The van der Waals surface area contributed by atoms with Crippen molar-refractivity contribution >= 4 is 23.6 Å². The summed E-state index contributed by atoms with van der Waals surface area (Å²) in [5, 5.41) is 2.89. The Bertz CT molecular complexity index is 1160. The summed E-state index contributed by atoms with van der Waals surface area (Å²) in [5.41, 5.74) is 2.59. The molecule has 0 aromatic heterocycles. The Labute approximate surface area is 203 Å². The molecule has 9 heteroatoms. The highest BCUT2D eigenvalue weighted by molar-refractivity contribution is 5.98. The Morgan fingerprint density at radius 2 is 1.74 bits per heavy atom. The molecule has 3 amide bonds. The van der Waals surface area contributed by atoms with Crippen LogP contribution in [0.2, 0.25) is 0 Å². The number of amides is 3. The van der Waals surface area contributed by atoms with Gasteiger partial charge in [0, 0.05) is 37.4 Å². The number of para-hydroxylation sites is 2. The molecule has 3 aliphatic rings. The molecule has 1 fully saturated rings. The number of hydrogen-bond acceptors (Lipinski definition) is 6. The highest BCUT2D eigenvalue weighted by Gasteiger charge is 2.44. The Hall–Kier alpha value is -4.01. The minimum atomic E-state index is -0.698. The molecule has 0 spiro atoms. The van der Waals surface area contributed by atoms with E-state index in [9.17, 15) is 14.4 Å². The topological polar surface area (TPSA) is 91.4 Å². The third-order valence-electron chi connectivity index (χ3n) is 6.58. The molecule has 0 bridgehead atoms. The minimum absolute atomic E-state index is 0.0377. The van der Waals surface area contributed by atoms with Crippen LogP contribution in [0.4, 0.5) is 10.5 Å². The van der Waals surface area contributed by atoms with E-state index in [1.807, 2.05) is 43.3 Å². The number of ether oxygens (including phenoxy) is 2. The molecule has 182 valence electrons. The summed E-state index contributed by atoms with van der Waals surface area (Å²) < 4.78 is 11.0. The lowest BCUT2D eigenvalue weighted by atomic mass is 9.95. The zero-order chi connectivity index (χ0) is 24.4. The summed E-state index contributed by atoms with van der Waals surface area (Å²) in [4.78, 5) is 44.3. The normalized spacial score (nSPS) is 19.9. The first-order chi connectivity index (χ1) is 17.1. The summed E-state index contributed by atoms with van der Waals surface area (Å²) in [6.45, 7) is 4.70. The first-order valence-electron chi connectivity index (χ1n) is 11.8. The van der Waals surface area contributed by atoms with Gasteiger partial charge in [-0.3, -0.25) is 9.69 Å². The van der Waals surface area contributed by atoms with Gasteiger partial charge in [-0.2, -0.15) is 0 Å². The van der Waals surface area contributed by atoms with Crippen LogP contribution in [0.15, 0.2) is 65.9 Å². The van der Waals surface area contributed by atoms with Crippen molar-refractivity contribution in [2.75, 3.05) is 50.8 Å². The minimum Gasteiger partial charge on any atom is -0.494 e. The van der Waals surface area contributed by atoms with E-state index in [2.05, 4.69) is 22.3 Å². The van der Waals surface area contributed by atoms with Gasteiger partial charge in [-0.1, -0.05) is 36.4 Å². The predicted molar refractivity (Wildman–Crippen MR) is 129 cm³/mol. The molecule has 0 aliphatic carbocycles. The zero-order valence-corrected chi connectivity index (χ0v) is 19.6. The van der Waals surface area contributed by atoms with Crippen molar-refractivity contribution in [2.45, 2.75) is 13.0 Å². The van der Waals surface area contributed by atoms with Crippen molar-refractivity contribution in [1.29, 1.82) is 0 Å². The first-order valence-corrected chi connectivity index (χ1v) is 11.8. The predicted octanol–water partition coefficient (Wildman–Crippen LogP) is 2.31. The molecule has 5 rings (SSSR count). The van der Waals surface area contributed by atoms with Gasteiger partial charge in [0.05, 0.1) is 23.9 Å². The van der Waals surface area contributed by atoms with Gasteiger partial charge in [-0.25, -0.2) is 9.59 Å². The van der Waals surface area contributed by atoms with Crippen LogP contribution in [0.1, 0.15) is 18.5 Å². The van der Waals surface area contributed by atoms with E-state index in [0.29, 0.717) is 55.4 Å². The van der Waals surface area contributed by atoms with Gasteiger partial charge in [0.25, 0.3) is 0 Å². The maximum atomic E-state index is 13.1. The van der Waals surface area contributed by atoms with E-state index >= 15 is 0 Å². The number of carbonyl (C=O) groups excluding carboxylic acids is 3. The van der Waals surface area contributed by atoms with Crippen LogP contribution in [0.3, 0.4) is 0 Å². The molecule has 1 atom stereocenters. The molecule has 2 aromatic rings. The monoisotopic (exact) mass is 476 g/mol. The summed E-state index contributed by atoms with van der Waals surface area (Å²) in [7, 11) is 0. The molecule has 0 radical (unpaired) electrons. The van der Waals surface area contributed by atoms with E-state index in [1.54, 1.807) is 11.0 Å². The van der Waals surface area contributed by atoms with Gasteiger partial charge < -0.3 is 24.6 Å². The van der Waals surface area contributed by atoms with Crippen molar-refractivity contribution in [2.24, 2.45) is 0 Å². The van der Waals surface area contributed by atoms with Crippen molar-refractivity contribution in [1.82, 2.24) is 15.1 Å². The highest BCUT2D eigenvalue weighted by atomic mass is 16.5. The van der Waals surface area contributed by atoms with Gasteiger partial charge in [0.15, 0.2) is 0 Å². The van der Waals surface area contributed by atoms with Crippen LogP contribution in [0.5, 0.6) is 5.75 Å². The van der Waals surface area contributed by atoms with Crippen molar-refractivity contribution in [3.8, 4) is 5.75 Å². The smallest absolute Gasteiger partial charge is 0.338 e. The second-order valence-electron chi connectivity index (χ2n) is 8.58. The second kappa shape index (κ2) is 9.69. The number of urea groups is 1.